The molecule has 0 unspecified atom stereocenters. The molecule has 2 amide bonds. The molecule has 0 saturated carbocycles. The Morgan fingerprint density at radius 3 is 2.92 bits per heavy atom. The van der Waals surface area contributed by atoms with Crippen LogP contribution in [0.1, 0.15) is 22.3 Å². The van der Waals surface area contributed by atoms with Gasteiger partial charge in [-0.05, 0) is 23.8 Å². The van der Waals surface area contributed by atoms with E-state index in [0.29, 0.717) is 35.9 Å². The summed E-state index contributed by atoms with van der Waals surface area (Å²) in [6.07, 6.45) is 1.87. The summed E-state index contributed by atoms with van der Waals surface area (Å²) in [7, 11) is 1.74. The topological polar surface area (TPSA) is 74.3 Å². The van der Waals surface area contributed by atoms with Crippen molar-refractivity contribution in [1.29, 1.82) is 0 Å². The van der Waals surface area contributed by atoms with Gasteiger partial charge in [0.25, 0.3) is 5.91 Å². The molecule has 0 aliphatic carbocycles. The second-order valence-corrected chi connectivity index (χ2v) is 6.33. The van der Waals surface area contributed by atoms with E-state index < -0.39 is 0 Å². The molecule has 1 aromatic carbocycles. The number of likely N-dealkylation sites (tertiary alicyclic amines) is 1. The lowest BCUT2D eigenvalue weighted by Gasteiger charge is -2.18. The number of carbonyl (C=O) groups excluding carboxylic acids is 2. The highest BCUT2D eigenvalue weighted by molar-refractivity contribution is 6.31. The van der Waals surface area contributed by atoms with Gasteiger partial charge in [-0.2, -0.15) is 0 Å². The van der Waals surface area contributed by atoms with Crippen molar-refractivity contribution in [1.82, 2.24) is 15.2 Å². The standard InChI is InChI=1S/C18H19ClN4O2/c1-20-16-8-12(6-7-21-16)18(25)22-14-9-17(24)23(11-14)10-13-4-2-3-5-15(13)19/h2-8,14H,9-11H2,1H3,(H,20,21)(H,22,25)/t14-/m1/s1. The lowest BCUT2D eigenvalue weighted by atomic mass is 10.2. The van der Waals surface area contributed by atoms with Gasteiger partial charge >= 0.3 is 0 Å². The number of nitrogens with zero attached hydrogens (tertiary/aromatic N) is 2. The smallest absolute Gasteiger partial charge is 0.251 e. The lowest BCUT2D eigenvalue weighted by molar-refractivity contribution is -0.128. The molecule has 7 heteroatoms. The molecule has 1 atom stereocenters. The van der Waals surface area contributed by atoms with Gasteiger partial charge < -0.3 is 15.5 Å². The third kappa shape index (κ3) is 4.09. The zero-order chi connectivity index (χ0) is 17.8. The summed E-state index contributed by atoms with van der Waals surface area (Å²) in [4.78, 5) is 30.4. The molecule has 1 aromatic heterocycles. The molecule has 1 aliphatic heterocycles. The van der Waals surface area contributed by atoms with Gasteiger partial charge in [-0.25, -0.2) is 4.98 Å². The predicted octanol–water partition coefficient (Wildman–Crippen LogP) is 2.31. The van der Waals surface area contributed by atoms with Crippen LogP contribution in [0.5, 0.6) is 0 Å². The van der Waals surface area contributed by atoms with Gasteiger partial charge in [0.1, 0.15) is 5.82 Å². The monoisotopic (exact) mass is 358 g/mol. The fourth-order valence-corrected chi connectivity index (χ4v) is 3.03. The summed E-state index contributed by atoms with van der Waals surface area (Å²) >= 11 is 6.16. The lowest BCUT2D eigenvalue weighted by Crippen LogP contribution is -2.37. The molecule has 0 radical (unpaired) electrons. The van der Waals surface area contributed by atoms with Crippen LogP contribution in [-0.2, 0) is 11.3 Å². The maximum absolute atomic E-state index is 12.4. The maximum atomic E-state index is 12.4. The Balaban J connectivity index is 1.62. The van der Waals surface area contributed by atoms with Crippen molar-refractivity contribution >= 4 is 29.2 Å². The summed E-state index contributed by atoms with van der Waals surface area (Å²) in [5.74, 6) is 0.419. The van der Waals surface area contributed by atoms with Crippen molar-refractivity contribution < 1.29 is 9.59 Å². The van der Waals surface area contributed by atoms with Crippen LogP contribution in [0.15, 0.2) is 42.6 Å². The van der Waals surface area contributed by atoms with Gasteiger partial charge in [-0.3, -0.25) is 9.59 Å². The number of rotatable bonds is 5. The fourth-order valence-electron chi connectivity index (χ4n) is 2.83. The largest absolute Gasteiger partial charge is 0.373 e. The number of carbonyl (C=O) groups is 2. The number of hydrogen-bond donors (Lipinski definition) is 2. The molecule has 2 heterocycles. The first kappa shape index (κ1) is 17.2. The number of anilines is 1. The molecule has 0 spiro atoms. The van der Waals surface area contributed by atoms with Crippen molar-refractivity contribution in [2.45, 2.75) is 19.0 Å². The Kier molecular flexibility index (Phi) is 5.19. The average Bonchev–Trinajstić information content (AvgIpc) is 2.96. The van der Waals surface area contributed by atoms with Gasteiger partial charge in [-0.15, -0.1) is 0 Å². The van der Waals surface area contributed by atoms with Gasteiger partial charge in [0.05, 0.1) is 6.04 Å². The first-order valence-electron chi connectivity index (χ1n) is 8.02. The minimum atomic E-state index is -0.214. The minimum Gasteiger partial charge on any atom is -0.373 e. The molecule has 1 aliphatic rings. The number of nitrogens with one attached hydrogen (secondary N) is 2. The van der Waals surface area contributed by atoms with E-state index >= 15 is 0 Å². The number of halogens is 1. The Hall–Kier alpha value is -2.60. The van der Waals surface area contributed by atoms with Crippen LogP contribution in [0.25, 0.3) is 0 Å². The van der Waals surface area contributed by atoms with E-state index in [1.807, 2.05) is 18.2 Å². The molecule has 3 rings (SSSR count). The van der Waals surface area contributed by atoms with Crippen LogP contribution in [0.4, 0.5) is 5.82 Å². The highest BCUT2D eigenvalue weighted by Crippen LogP contribution is 2.21. The summed E-state index contributed by atoms with van der Waals surface area (Å²) in [6.45, 7) is 0.920. The predicted molar refractivity (Wildman–Crippen MR) is 96.5 cm³/mol. The highest BCUT2D eigenvalue weighted by Gasteiger charge is 2.31. The normalized spacial score (nSPS) is 16.8. The number of hydrogen-bond acceptors (Lipinski definition) is 4. The maximum Gasteiger partial charge on any atom is 0.251 e. The van der Waals surface area contributed by atoms with Crippen molar-refractivity contribution in [2.24, 2.45) is 0 Å². The second-order valence-electron chi connectivity index (χ2n) is 5.92. The zero-order valence-corrected chi connectivity index (χ0v) is 14.6. The molecule has 0 bridgehead atoms. The molecule has 1 saturated heterocycles. The number of aromatic nitrogens is 1. The molecular formula is C18H19ClN4O2. The van der Waals surface area contributed by atoms with Crippen LogP contribution in [0, 0.1) is 0 Å². The molecule has 2 aromatic rings. The first-order valence-corrected chi connectivity index (χ1v) is 8.40. The Morgan fingerprint density at radius 2 is 2.16 bits per heavy atom. The summed E-state index contributed by atoms with van der Waals surface area (Å²) in [5, 5.41) is 6.45. The van der Waals surface area contributed by atoms with Crippen LogP contribution >= 0.6 is 11.6 Å². The Morgan fingerprint density at radius 1 is 1.36 bits per heavy atom. The van der Waals surface area contributed by atoms with E-state index in [9.17, 15) is 9.59 Å². The molecular weight excluding hydrogens is 340 g/mol. The first-order chi connectivity index (χ1) is 12.1. The van der Waals surface area contributed by atoms with Crippen LogP contribution in [-0.4, -0.2) is 41.3 Å². The van der Waals surface area contributed by atoms with Gasteiger partial charge in [0.2, 0.25) is 5.91 Å². The molecule has 1 fully saturated rings. The van der Waals surface area contributed by atoms with Crippen molar-refractivity contribution in [3.63, 3.8) is 0 Å². The minimum absolute atomic E-state index is 0.0101. The van der Waals surface area contributed by atoms with Crippen LogP contribution in [0.3, 0.4) is 0 Å². The van der Waals surface area contributed by atoms with E-state index in [1.54, 1.807) is 36.3 Å². The number of benzene rings is 1. The molecule has 2 N–H and O–H groups in total. The van der Waals surface area contributed by atoms with Gasteiger partial charge in [-0.1, -0.05) is 29.8 Å². The Bertz CT molecular complexity index is 796. The molecule has 6 nitrogen and oxygen atoms in total. The highest BCUT2D eigenvalue weighted by atomic mass is 35.5. The van der Waals surface area contributed by atoms with E-state index in [-0.39, 0.29) is 17.9 Å². The van der Waals surface area contributed by atoms with E-state index in [1.165, 1.54) is 0 Å². The quantitative estimate of drug-likeness (QED) is 0.860. The molecule has 130 valence electrons. The fraction of sp³-hybridized carbons (Fsp3) is 0.278. The zero-order valence-electron chi connectivity index (χ0n) is 13.8. The molecule has 25 heavy (non-hydrogen) atoms. The summed E-state index contributed by atoms with van der Waals surface area (Å²) < 4.78 is 0. The van der Waals surface area contributed by atoms with Gasteiger partial charge in [0, 0.05) is 43.3 Å². The SMILES string of the molecule is CNc1cc(C(=O)N[C@@H]2CC(=O)N(Cc3ccccc3Cl)C2)ccn1. The number of amides is 2. The van der Waals surface area contributed by atoms with Crippen molar-refractivity contribution in [2.75, 3.05) is 18.9 Å². The summed E-state index contributed by atoms with van der Waals surface area (Å²) in [5.41, 5.74) is 1.41. The van der Waals surface area contributed by atoms with Crippen LogP contribution in [0.2, 0.25) is 5.02 Å². The van der Waals surface area contributed by atoms with Crippen LogP contribution < -0.4 is 10.6 Å². The Labute approximate surface area is 151 Å². The number of pyridine rings is 1. The van der Waals surface area contributed by atoms with Gasteiger partial charge in [0.15, 0.2) is 0 Å². The van der Waals surface area contributed by atoms with E-state index in [0.717, 1.165) is 5.56 Å². The van der Waals surface area contributed by atoms with E-state index in [4.69, 9.17) is 11.6 Å². The average molecular weight is 359 g/mol. The van der Waals surface area contributed by atoms with E-state index in [2.05, 4.69) is 15.6 Å². The summed E-state index contributed by atoms with van der Waals surface area (Å²) in [6, 6.07) is 10.6. The van der Waals surface area contributed by atoms with Crippen molar-refractivity contribution in [3.05, 3.63) is 58.7 Å². The van der Waals surface area contributed by atoms with Crippen molar-refractivity contribution in [3.8, 4) is 0 Å². The second kappa shape index (κ2) is 7.53. The third-order valence-electron chi connectivity index (χ3n) is 4.15. The third-order valence-corrected chi connectivity index (χ3v) is 4.52.